The molecule has 4 rings (SSSR count). The van der Waals surface area contributed by atoms with Crippen LogP contribution in [0.4, 0.5) is 0 Å². The molecule has 0 spiro atoms. The van der Waals surface area contributed by atoms with Crippen LogP contribution in [-0.4, -0.2) is 45.9 Å². The number of aliphatic carboxylic acids is 1. The molecule has 0 saturated heterocycles. The number of aliphatic hydroxyl groups excluding tert-OH is 1. The van der Waals surface area contributed by atoms with E-state index in [9.17, 15) is 29.4 Å². The van der Waals surface area contributed by atoms with Crippen LogP contribution in [-0.2, 0) is 23.9 Å². The van der Waals surface area contributed by atoms with E-state index in [1.165, 1.54) is 6.92 Å². The third-order valence-electron chi connectivity index (χ3n) is 11.2. The summed E-state index contributed by atoms with van der Waals surface area (Å²) in [5, 5.41) is 21.8. The Kier molecular flexibility index (Phi) is 7.35. The molecule has 7 heteroatoms. The molecule has 0 unspecified atom stereocenters. The molecule has 0 heterocycles. The van der Waals surface area contributed by atoms with Gasteiger partial charge in [0.15, 0.2) is 5.78 Å². The summed E-state index contributed by atoms with van der Waals surface area (Å²) in [6.45, 7) is 13.2. The van der Waals surface area contributed by atoms with E-state index in [2.05, 4.69) is 6.92 Å². The number of carbonyl (C=O) groups excluding carboxylic acids is 3. The first kappa shape index (κ1) is 28.7. The Labute approximate surface area is 226 Å². The average molecular weight is 529 g/mol. The van der Waals surface area contributed by atoms with Crippen LogP contribution >= 0.6 is 0 Å². The van der Waals surface area contributed by atoms with Gasteiger partial charge in [-0.2, -0.15) is 0 Å². The van der Waals surface area contributed by atoms with Gasteiger partial charge in [0.2, 0.25) is 0 Å². The van der Waals surface area contributed by atoms with Gasteiger partial charge in [-0.25, -0.2) is 4.79 Å². The van der Waals surface area contributed by atoms with E-state index in [0.29, 0.717) is 50.5 Å². The number of allylic oxidation sites excluding steroid dienone is 2. The van der Waals surface area contributed by atoms with Crippen molar-refractivity contribution in [2.24, 2.45) is 39.9 Å². The van der Waals surface area contributed by atoms with Crippen LogP contribution in [0.1, 0.15) is 93.4 Å². The van der Waals surface area contributed by atoms with Gasteiger partial charge in [0.1, 0.15) is 18.0 Å². The lowest BCUT2D eigenvalue weighted by Crippen LogP contribution is -2.69. The van der Waals surface area contributed by atoms with E-state index in [1.54, 1.807) is 0 Å². The first-order valence-electron chi connectivity index (χ1n) is 14.1. The molecule has 0 aromatic carbocycles. The lowest BCUT2D eigenvalue weighted by molar-refractivity contribution is -0.213. The smallest absolute Gasteiger partial charge is 0.331 e. The quantitative estimate of drug-likeness (QED) is 0.291. The fraction of sp³-hybridized carbons (Fsp3) is 0.742. The fourth-order valence-corrected chi connectivity index (χ4v) is 9.37. The van der Waals surface area contributed by atoms with Gasteiger partial charge in [0.05, 0.1) is 0 Å². The number of hydrogen-bond donors (Lipinski definition) is 2. The van der Waals surface area contributed by atoms with E-state index in [1.807, 2.05) is 40.7 Å². The maximum Gasteiger partial charge on any atom is 0.331 e. The van der Waals surface area contributed by atoms with E-state index in [4.69, 9.17) is 4.74 Å². The Morgan fingerprint density at radius 3 is 2.34 bits per heavy atom. The Morgan fingerprint density at radius 2 is 1.76 bits per heavy atom. The average Bonchev–Trinajstić information content (AvgIpc) is 3.09. The summed E-state index contributed by atoms with van der Waals surface area (Å²) in [6, 6.07) is 0. The maximum absolute atomic E-state index is 14.3. The number of carbonyl (C=O) groups is 4. The number of ketones is 2. The lowest BCUT2D eigenvalue weighted by atomic mass is 9.36. The second-order valence-electron chi connectivity index (χ2n) is 13.3. The van der Waals surface area contributed by atoms with Crippen molar-refractivity contribution in [3.8, 4) is 0 Å². The van der Waals surface area contributed by atoms with Crippen molar-refractivity contribution in [1.29, 1.82) is 0 Å². The van der Waals surface area contributed by atoms with Gasteiger partial charge < -0.3 is 14.9 Å². The zero-order valence-electron chi connectivity index (χ0n) is 23.9. The van der Waals surface area contributed by atoms with Gasteiger partial charge in [-0.1, -0.05) is 39.3 Å². The number of carboxylic acids is 1. The number of hydrogen-bond acceptors (Lipinski definition) is 6. The first-order chi connectivity index (χ1) is 17.6. The second kappa shape index (κ2) is 9.72. The highest BCUT2D eigenvalue weighted by molar-refractivity contribution is 5.94. The Bertz CT molecular complexity index is 1110. The number of ether oxygens (including phenoxy) is 1. The zero-order valence-corrected chi connectivity index (χ0v) is 23.9. The minimum Gasteiger partial charge on any atom is -0.478 e. The van der Waals surface area contributed by atoms with Crippen molar-refractivity contribution in [3.63, 3.8) is 0 Å². The monoisotopic (exact) mass is 528 g/mol. The predicted octanol–water partition coefficient (Wildman–Crippen LogP) is 5.05. The summed E-state index contributed by atoms with van der Waals surface area (Å²) in [7, 11) is 0. The number of rotatable bonds is 5. The molecule has 4 aliphatic carbocycles. The summed E-state index contributed by atoms with van der Waals surface area (Å²) in [5.41, 5.74) is -0.0476. The highest BCUT2D eigenvalue weighted by atomic mass is 16.5. The van der Waals surface area contributed by atoms with Gasteiger partial charge in [-0.15, -0.1) is 0 Å². The normalized spacial score (nSPS) is 43.5. The molecule has 0 amide bonds. The molecular weight excluding hydrogens is 484 g/mol. The summed E-state index contributed by atoms with van der Waals surface area (Å²) < 4.78 is 5.80. The number of aliphatic hydroxyl groups is 1. The number of fused-ring (bicyclic) bond motifs is 5. The maximum atomic E-state index is 14.3. The van der Waals surface area contributed by atoms with E-state index in [-0.39, 0.29) is 34.9 Å². The van der Waals surface area contributed by atoms with Crippen LogP contribution in [0.2, 0.25) is 0 Å². The van der Waals surface area contributed by atoms with E-state index in [0.717, 1.165) is 5.57 Å². The number of carboxylic acid groups (broad SMARTS) is 1. The van der Waals surface area contributed by atoms with Crippen molar-refractivity contribution in [3.05, 3.63) is 22.8 Å². The summed E-state index contributed by atoms with van der Waals surface area (Å²) in [4.78, 5) is 51.7. The molecule has 0 bridgehead atoms. The third kappa shape index (κ3) is 4.02. The lowest BCUT2D eigenvalue weighted by Gasteiger charge is -2.67. The van der Waals surface area contributed by atoms with Crippen molar-refractivity contribution in [2.45, 2.75) is 106 Å². The summed E-state index contributed by atoms with van der Waals surface area (Å²) >= 11 is 0. The summed E-state index contributed by atoms with van der Waals surface area (Å²) in [5.74, 6) is -2.77. The number of Topliss-reactive ketones (excluding diaryl/α,β-unsaturated/α-hetero) is 2. The van der Waals surface area contributed by atoms with Crippen molar-refractivity contribution >= 4 is 23.5 Å². The Morgan fingerprint density at radius 1 is 1.11 bits per heavy atom. The fourth-order valence-electron chi connectivity index (χ4n) is 9.37. The van der Waals surface area contributed by atoms with Crippen LogP contribution in [0.3, 0.4) is 0 Å². The molecule has 0 aromatic rings. The van der Waals surface area contributed by atoms with Crippen LogP contribution in [0, 0.1) is 39.9 Å². The standard InChI is InChI=1S/C31H44O7/c1-16(2)9-8-10-19(28(36)37)24-20-11-12-23-29(5)14-13-21(33)17(3)25(29)26(34)27(35)31(23,7)30(20,6)15-22(24)38-18(4)32/h9,17,20,22-23,25-26,34H,8,10-15H2,1-7H3,(H,36,37)/b24-19-/t17-,20+,22+,23+,25+,26+,29-,30+,31-/m0/s1. The Hall–Kier alpha value is -2.28. The van der Waals surface area contributed by atoms with Crippen LogP contribution in [0.5, 0.6) is 0 Å². The molecule has 210 valence electrons. The summed E-state index contributed by atoms with van der Waals surface area (Å²) in [6.07, 6.45) is 3.69. The molecular formula is C31H44O7. The highest BCUT2D eigenvalue weighted by Gasteiger charge is 2.73. The minimum atomic E-state index is -1.26. The van der Waals surface area contributed by atoms with Crippen LogP contribution < -0.4 is 0 Å². The first-order valence-corrected chi connectivity index (χ1v) is 14.1. The van der Waals surface area contributed by atoms with Gasteiger partial charge in [-0.05, 0) is 80.6 Å². The molecule has 4 fully saturated rings. The second-order valence-corrected chi connectivity index (χ2v) is 13.3. The van der Waals surface area contributed by atoms with Crippen molar-refractivity contribution in [1.82, 2.24) is 0 Å². The van der Waals surface area contributed by atoms with Gasteiger partial charge in [-0.3, -0.25) is 14.4 Å². The molecule has 4 saturated carbocycles. The van der Waals surface area contributed by atoms with Gasteiger partial charge in [0.25, 0.3) is 0 Å². The molecule has 7 nitrogen and oxygen atoms in total. The zero-order chi connectivity index (χ0) is 28.4. The van der Waals surface area contributed by atoms with E-state index >= 15 is 0 Å². The van der Waals surface area contributed by atoms with Crippen LogP contribution in [0.25, 0.3) is 0 Å². The molecule has 0 aliphatic heterocycles. The third-order valence-corrected chi connectivity index (χ3v) is 11.2. The van der Waals surface area contributed by atoms with Gasteiger partial charge in [0, 0.05) is 36.2 Å². The minimum absolute atomic E-state index is 0.0658. The molecule has 4 aliphatic rings. The largest absolute Gasteiger partial charge is 0.478 e. The van der Waals surface area contributed by atoms with Crippen molar-refractivity contribution in [2.75, 3.05) is 0 Å². The molecule has 0 aromatic heterocycles. The molecule has 0 radical (unpaired) electrons. The molecule has 2 N–H and O–H groups in total. The van der Waals surface area contributed by atoms with Gasteiger partial charge >= 0.3 is 11.9 Å². The Balaban J connectivity index is 1.86. The highest BCUT2D eigenvalue weighted by Crippen LogP contribution is 2.73. The van der Waals surface area contributed by atoms with E-state index < -0.39 is 46.3 Å². The van der Waals surface area contributed by atoms with Crippen LogP contribution in [0.15, 0.2) is 22.8 Å². The predicted molar refractivity (Wildman–Crippen MR) is 142 cm³/mol. The van der Waals surface area contributed by atoms with Crippen molar-refractivity contribution < 1.29 is 34.1 Å². The molecule has 38 heavy (non-hydrogen) atoms. The topological polar surface area (TPSA) is 118 Å². The SMILES string of the molecule is CC(=O)O[C@@H]1C[C@]2(C)[C@H](CC[C@@H]3[C@]4(C)CCC(=O)[C@H](C)[C@@H]4[C@@H](O)C(=O)[C@]32C)/C1=C(\CCC=C(C)C)C(=O)O. The molecule has 9 atom stereocenters. The number of esters is 1.